The predicted octanol–water partition coefficient (Wildman–Crippen LogP) is 1.10. The largest absolute Gasteiger partial charge is 0.368 e. The highest BCUT2D eigenvalue weighted by Crippen LogP contribution is 2.25. The van der Waals surface area contributed by atoms with Gasteiger partial charge in [0, 0.05) is 12.1 Å². The van der Waals surface area contributed by atoms with Crippen molar-refractivity contribution in [3.63, 3.8) is 0 Å². The molecule has 0 bridgehead atoms. The molecule has 1 unspecified atom stereocenters. The van der Waals surface area contributed by atoms with Crippen LogP contribution in [0.15, 0.2) is 0 Å². The highest BCUT2D eigenvalue weighted by molar-refractivity contribution is 5.84. The van der Waals surface area contributed by atoms with E-state index in [2.05, 4.69) is 17.3 Å². The minimum absolute atomic E-state index is 0.250. The molecule has 0 saturated heterocycles. The van der Waals surface area contributed by atoms with Crippen LogP contribution in [0.1, 0.15) is 46.5 Å². The van der Waals surface area contributed by atoms with Crippen molar-refractivity contribution in [1.82, 2.24) is 10.2 Å². The van der Waals surface area contributed by atoms with Gasteiger partial charge in [0.1, 0.15) is 0 Å². The van der Waals surface area contributed by atoms with Gasteiger partial charge in [0.05, 0.1) is 5.54 Å². The number of nitrogens with zero attached hydrogens (tertiary/aromatic N) is 1. The van der Waals surface area contributed by atoms with Gasteiger partial charge in [0.15, 0.2) is 0 Å². The first kappa shape index (κ1) is 14.5. The summed E-state index contributed by atoms with van der Waals surface area (Å²) in [7, 11) is 2.16. The van der Waals surface area contributed by atoms with E-state index in [9.17, 15) is 4.79 Å². The van der Waals surface area contributed by atoms with E-state index < -0.39 is 5.54 Å². The Balaban J connectivity index is 2.35. The summed E-state index contributed by atoms with van der Waals surface area (Å²) in [5.74, 6) is -0.250. The molecule has 0 aromatic heterocycles. The summed E-state index contributed by atoms with van der Waals surface area (Å²) in [5.41, 5.74) is 4.92. The molecule has 0 spiro atoms. The van der Waals surface area contributed by atoms with E-state index in [-0.39, 0.29) is 11.9 Å². The zero-order chi connectivity index (χ0) is 13.1. The number of carbonyl (C=O) groups is 1. The lowest BCUT2D eigenvalue weighted by Crippen LogP contribution is -2.55. The van der Waals surface area contributed by atoms with Crippen LogP contribution >= 0.6 is 0 Å². The van der Waals surface area contributed by atoms with Gasteiger partial charge >= 0.3 is 0 Å². The van der Waals surface area contributed by atoms with Gasteiger partial charge in [-0.2, -0.15) is 0 Å². The Labute approximate surface area is 105 Å². The van der Waals surface area contributed by atoms with Gasteiger partial charge in [0.2, 0.25) is 5.91 Å². The molecule has 1 amide bonds. The first-order valence-electron chi connectivity index (χ1n) is 6.63. The van der Waals surface area contributed by atoms with E-state index in [1.165, 1.54) is 12.8 Å². The Morgan fingerprint density at radius 2 is 2.12 bits per heavy atom. The number of primary amides is 1. The molecule has 1 saturated carbocycles. The molecule has 1 rings (SSSR count). The molecule has 3 N–H and O–H groups in total. The standard InChI is InChI=1S/C13H27N3O/c1-10(2)15-13(3,12(14)17)8-5-9-16(4)11-6-7-11/h10-11,15H,5-9H2,1-4H3,(H2,14,17). The summed E-state index contributed by atoms with van der Waals surface area (Å²) in [6, 6.07) is 1.06. The Morgan fingerprint density at radius 1 is 1.53 bits per heavy atom. The normalized spacial score (nSPS) is 19.6. The lowest BCUT2D eigenvalue weighted by Gasteiger charge is -2.30. The molecule has 1 atom stereocenters. The molecule has 4 heteroatoms. The monoisotopic (exact) mass is 241 g/mol. The van der Waals surface area contributed by atoms with Crippen molar-refractivity contribution in [2.24, 2.45) is 5.73 Å². The van der Waals surface area contributed by atoms with Gasteiger partial charge < -0.3 is 16.0 Å². The molecular weight excluding hydrogens is 214 g/mol. The molecule has 0 radical (unpaired) electrons. The number of nitrogens with one attached hydrogen (secondary N) is 1. The topological polar surface area (TPSA) is 58.4 Å². The molecule has 1 aliphatic rings. The predicted molar refractivity (Wildman–Crippen MR) is 70.8 cm³/mol. The highest BCUT2D eigenvalue weighted by Gasteiger charge is 2.32. The SMILES string of the molecule is CC(C)NC(C)(CCCN(C)C1CC1)C(N)=O. The lowest BCUT2D eigenvalue weighted by molar-refractivity contribution is -0.124. The number of nitrogens with two attached hydrogens (primary N) is 1. The summed E-state index contributed by atoms with van der Waals surface area (Å²) >= 11 is 0. The van der Waals surface area contributed by atoms with Crippen molar-refractivity contribution in [2.75, 3.05) is 13.6 Å². The fourth-order valence-electron chi connectivity index (χ4n) is 2.28. The Kier molecular flexibility index (Phi) is 4.95. The molecule has 0 aliphatic heterocycles. The molecule has 0 aromatic rings. The summed E-state index contributed by atoms with van der Waals surface area (Å²) in [5, 5.41) is 3.28. The van der Waals surface area contributed by atoms with Crippen molar-refractivity contribution in [2.45, 2.75) is 64.1 Å². The van der Waals surface area contributed by atoms with Crippen LogP contribution in [0.4, 0.5) is 0 Å². The van der Waals surface area contributed by atoms with Crippen LogP contribution in [0.25, 0.3) is 0 Å². The minimum Gasteiger partial charge on any atom is -0.368 e. The Hall–Kier alpha value is -0.610. The third-order valence-corrected chi connectivity index (χ3v) is 3.51. The molecular formula is C13H27N3O. The van der Waals surface area contributed by atoms with Gasteiger partial charge in [-0.05, 0) is 60.0 Å². The van der Waals surface area contributed by atoms with Crippen molar-refractivity contribution in [3.05, 3.63) is 0 Å². The van der Waals surface area contributed by atoms with Crippen LogP contribution in [0.3, 0.4) is 0 Å². The van der Waals surface area contributed by atoms with Crippen molar-refractivity contribution in [3.8, 4) is 0 Å². The maximum Gasteiger partial charge on any atom is 0.237 e. The average molecular weight is 241 g/mol. The third kappa shape index (κ3) is 4.64. The first-order valence-corrected chi connectivity index (χ1v) is 6.63. The molecule has 1 fully saturated rings. The zero-order valence-corrected chi connectivity index (χ0v) is 11.6. The van der Waals surface area contributed by atoms with Gasteiger partial charge in [0.25, 0.3) is 0 Å². The number of hydrogen-bond donors (Lipinski definition) is 2. The van der Waals surface area contributed by atoms with E-state index >= 15 is 0 Å². The molecule has 17 heavy (non-hydrogen) atoms. The second-order valence-corrected chi connectivity index (χ2v) is 5.81. The van der Waals surface area contributed by atoms with Gasteiger partial charge in [-0.25, -0.2) is 0 Å². The summed E-state index contributed by atoms with van der Waals surface area (Å²) in [6.45, 7) is 7.04. The molecule has 0 aromatic carbocycles. The van der Waals surface area contributed by atoms with E-state index in [1.807, 2.05) is 20.8 Å². The van der Waals surface area contributed by atoms with Crippen LogP contribution in [-0.2, 0) is 4.79 Å². The minimum atomic E-state index is -0.571. The zero-order valence-electron chi connectivity index (χ0n) is 11.6. The molecule has 4 nitrogen and oxygen atoms in total. The summed E-state index contributed by atoms with van der Waals surface area (Å²) in [4.78, 5) is 13.9. The average Bonchev–Trinajstić information content (AvgIpc) is 2.98. The van der Waals surface area contributed by atoms with Crippen LogP contribution in [-0.4, -0.2) is 42.0 Å². The van der Waals surface area contributed by atoms with Gasteiger partial charge in [-0.1, -0.05) is 0 Å². The summed E-state index contributed by atoms with van der Waals surface area (Å²) in [6.07, 6.45) is 4.46. The van der Waals surface area contributed by atoms with Crippen molar-refractivity contribution < 1.29 is 4.79 Å². The van der Waals surface area contributed by atoms with Crippen LogP contribution < -0.4 is 11.1 Å². The van der Waals surface area contributed by atoms with Crippen molar-refractivity contribution in [1.29, 1.82) is 0 Å². The second kappa shape index (κ2) is 5.83. The molecule has 100 valence electrons. The van der Waals surface area contributed by atoms with E-state index in [1.54, 1.807) is 0 Å². The molecule has 1 aliphatic carbocycles. The third-order valence-electron chi connectivity index (χ3n) is 3.51. The Bertz CT molecular complexity index is 263. The fraction of sp³-hybridized carbons (Fsp3) is 0.923. The van der Waals surface area contributed by atoms with Crippen LogP contribution in [0, 0.1) is 0 Å². The van der Waals surface area contributed by atoms with Gasteiger partial charge in [-0.3, -0.25) is 4.79 Å². The quantitative estimate of drug-likeness (QED) is 0.669. The second-order valence-electron chi connectivity index (χ2n) is 5.81. The van der Waals surface area contributed by atoms with Gasteiger partial charge in [-0.15, -0.1) is 0 Å². The maximum absolute atomic E-state index is 11.5. The van der Waals surface area contributed by atoms with Crippen LogP contribution in [0.5, 0.6) is 0 Å². The fourth-order valence-corrected chi connectivity index (χ4v) is 2.28. The van der Waals surface area contributed by atoms with Crippen molar-refractivity contribution >= 4 is 5.91 Å². The van der Waals surface area contributed by atoms with Crippen LogP contribution in [0.2, 0.25) is 0 Å². The number of carbonyl (C=O) groups excluding carboxylic acids is 1. The summed E-state index contributed by atoms with van der Waals surface area (Å²) < 4.78 is 0. The first-order chi connectivity index (χ1) is 7.85. The van der Waals surface area contributed by atoms with E-state index in [0.717, 1.165) is 25.4 Å². The maximum atomic E-state index is 11.5. The number of hydrogen-bond acceptors (Lipinski definition) is 3. The smallest absolute Gasteiger partial charge is 0.237 e. The lowest BCUT2D eigenvalue weighted by atomic mass is 9.94. The number of rotatable bonds is 8. The highest BCUT2D eigenvalue weighted by atomic mass is 16.1. The van der Waals surface area contributed by atoms with E-state index in [0.29, 0.717) is 0 Å². The number of amides is 1. The van der Waals surface area contributed by atoms with E-state index in [4.69, 9.17) is 5.73 Å². The Morgan fingerprint density at radius 3 is 2.53 bits per heavy atom. The molecule has 0 heterocycles.